The van der Waals surface area contributed by atoms with Gasteiger partial charge in [-0.15, -0.1) is 11.3 Å². The number of fused-ring (bicyclic) bond motifs is 1. The monoisotopic (exact) mass is 360 g/mol. The summed E-state index contributed by atoms with van der Waals surface area (Å²) in [5.74, 6) is -0.752. The van der Waals surface area contributed by atoms with E-state index < -0.39 is 17.7 Å². The zero-order valence-corrected chi connectivity index (χ0v) is 12.9. The van der Waals surface area contributed by atoms with Gasteiger partial charge >= 0.3 is 12.1 Å². The summed E-state index contributed by atoms with van der Waals surface area (Å²) in [6.45, 7) is -0.295. The summed E-state index contributed by atoms with van der Waals surface area (Å²) in [7, 11) is 0. The van der Waals surface area contributed by atoms with Gasteiger partial charge in [-0.25, -0.2) is 9.78 Å². The lowest BCUT2D eigenvalue weighted by Gasteiger charge is -2.09. The van der Waals surface area contributed by atoms with Gasteiger partial charge in [0.25, 0.3) is 0 Å². The van der Waals surface area contributed by atoms with E-state index in [1.807, 2.05) is 0 Å². The number of esters is 1. The van der Waals surface area contributed by atoms with Crippen LogP contribution in [-0.2, 0) is 17.5 Å². The Kier molecular flexibility index (Phi) is 4.03. The Labute approximate surface area is 137 Å². The van der Waals surface area contributed by atoms with Crippen LogP contribution < -0.4 is 0 Å². The molecule has 1 aromatic carbocycles. The van der Waals surface area contributed by atoms with Gasteiger partial charge in [0.1, 0.15) is 6.61 Å². The van der Waals surface area contributed by atoms with Crippen molar-refractivity contribution in [3.8, 4) is 0 Å². The number of hydrogen-bond donors (Lipinski definition) is 0. The molecule has 0 atom stereocenters. The highest BCUT2D eigenvalue weighted by Gasteiger charge is 2.30. The van der Waals surface area contributed by atoms with Crippen molar-refractivity contribution in [2.75, 3.05) is 0 Å². The smallest absolute Gasteiger partial charge is 0.416 e. The van der Waals surface area contributed by atoms with E-state index in [1.165, 1.54) is 27.9 Å². The number of carbonyl (C=O) groups is 1. The largest absolute Gasteiger partial charge is 0.456 e. The lowest BCUT2D eigenvalue weighted by molar-refractivity contribution is -0.137. The molecule has 9 heteroatoms. The maximum absolute atomic E-state index is 12.6. The molecule has 3 aromatic rings. The normalized spacial score (nSPS) is 11.8. The Morgan fingerprint density at radius 1 is 1.39 bits per heavy atom. The van der Waals surface area contributed by atoms with Gasteiger partial charge in [0, 0.05) is 11.6 Å². The average molecular weight is 361 g/mol. The predicted octanol–water partition coefficient (Wildman–Crippen LogP) is 4.43. The van der Waals surface area contributed by atoms with Gasteiger partial charge in [0.2, 0.25) is 0 Å². The highest BCUT2D eigenvalue weighted by atomic mass is 35.5. The molecule has 0 saturated heterocycles. The number of aromatic nitrogens is 2. The first-order valence-electron chi connectivity index (χ1n) is 6.30. The number of halogens is 4. The Bertz CT molecular complexity index is 872. The lowest BCUT2D eigenvalue weighted by atomic mass is 10.1. The number of nitrogens with zero attached hydrogens (tertiary/aromatic N) is 2. The summed E-state index contributed by atoms with van der Waals surface area (Å²) < 4.78 is 44.5. The molecule has 0 aliphatic carbocycles. The predicted molar refractivity (Wildman–Crippen MR) is 78.6 cm³/mol. The van der Waals surface area contributed by atoms with Gasteiger partial charge in [-0.2, -0.15) is 13.2 Å². The molecule has 0 aliphatic heterocycles. The van der Waals surface area contributed by atoms with Crippen molar-refractivity contribution in [2.45, 2.75) is 12.8 Å². The zero-order valence-electron chi connectivity index (χ0n) is 11.3. The summed E-state index contributed by atoms with van der Waals surface area (Å²) in [4.78, 5) is 16.6. The Morgan fingerprint density at radius 2 is 2.17 bits per heavy atom. The van der Waals surface area contributed by atoms with Crippen molar-refractivity contribution >= 4 is 33.9 Å². The van der Waals surface area contributed by atoms with Gasteiger partial charge in [-0.1, -0.05) is 23.7 Å². The van der Waals surface area contributed by atoms with Crippen LogP contribution in [0.3, 0.4) is 0 Å². The molecule has 0 saturated carbocycles. The van der Waals surface area contributed by atoms with E-state index in [4.69, 9.17) is 16.3 Å². The summed E-state index contributed by atoms with van der Waals surface area (Å²) in [6.07, 6.45) is -2.84. The minimum absolute atomic E-state index is 0.00843. The zero-order chi connectivity index (χ0) is 16.6. The molecular formula is C14H8ClF3N2O2S. The van der Waals surface area contributed by atoms with Crippen molar-refractivity contribution in [3.63, 3.8) is 0 Å². The molecule has 0 aliphatic rings. The maximum atomic E-state index is 12.6. The molecule has 0 amide bonds. The van der Waals surface area contributed by atoms with Crippen LogP contribution in [0.4, 0.5) is 13.2 Å². The first kappa shape index (κ1) is 15.8. The quantitative estimate of drug-likeness (QED) is 0.649. The van der Waals surface area contributed by atoms with Crippen molar-refractivity contribution in [2.24, 2.45) is 0 Å². The van der Waals surface area contributed by atoms with Crippen LogP contribution in [0, 0.1) is 0 Å². The van der Waals surface area contributed by atoms with E-state index in [9.17, 15) is 18.0 Å². The molecule has 0 bridgehead atoms. The molecule has 0 spiro atoms. The van der Waals surface area contributed by atoms with Crippen LogP contribution in [0.2, 0.25) is 5.15 Å². The lowest BCUT2D eigenvalue weighted by Crippen LogP contribution is -2.09. The molecule has 2 aromatic heterocycles. The second kappa shape index (κ2) is 5.86. The summed E-state index contributed by atoms with van der Waals surface area (Å²) in [6, 6.07) is 4.59. The van der Waals surface area contributed by atoms with Crippen LogP contribution in [0.25, 0.3) is 4.96 Å². The first-order chi connectivity index (χ1) is 10.9. The summed E-state index contributed by atoms with van der Waals surface area (Å²) in [5.41, 5.74) is -0.515. The molecule has 0 fully saturated rings. The molecule has 3 rings (SSSR count). The molecule has 4 nitrogen and oxygen atoms in total. The fourth-order valence-corrected chi connectivity index (χ4v) is 3.01. The van der Waals surface area contributed by atoms with Crippen LogP contribution in [0.1, 0.15) is 21.6 Å². The van der Waals surface area contributed by atoms with Gasteiger partial charge < -0.3 is 4.74 Å². The number of carbonyl (C=O) groups excluding carboxylic acids is 1. The number of ether oxygens (including phenoxy) is 1. The molecular weight excluding hydrogens is 353 g/mol. The summed E-state index contributed by atoms with van der Waals surface area (Å²) in [5, 5.41) is 1.72. The van der Waals surface area contributed by atoms with Crippen molar-refractivity contribution in [1.29, 1.82) is 0 Å². The van der Waals surface area contributed by atoms with Crippen molar-refractivity contribution in [3.05, 3.63) is 57.8 Å². The van der Waals surface area contributed by atoms with Crippen molar-refractivity contribution in [1.82, 2.24) is 9.38 Å². The van der Waals surface area contributed by atoms with Crippen molar-refractivity contribution < 1.29 is 22.7 Å². The third-order valence-corrected chi connectivity index (χ3v) is 4.06. The number of imidazole rings is 1. The van der Waals surface area contributed by atoms with Gasteiger partial charge in [-0.3, -0.25) is 4.40 Å². The van der Waals surface area contributed by atoms with Crippen LogP contribution in [0.15, 0.2) is 35.8 Å². The second-order valence-corrected chi connectivity index (χ2v) is 5.81. The standard InChI is InChI=1S/C14H8ClF3N2O2S/c15-11-10(20-4-5-23-13(20)19-11)12(21)22-7-8-2-1-3-9(6-8)14(16,17)18/h1-6H,7H2. The van der Waals surface area contributed by atoms with E-state index in [0.717, 1.165) is 12.1 Å². The SMILES string of the molecule is O=C(OCc1cccc(C(F)(F)F)c1)c1c(Cl)nc2sccn12. The second-order valence-electron chi connectivity index (χ2n) is 4.58. The minimum Gasteiger partial charge on any atom is -0.456 e. The van der Waals surface area contributed by atoms with E-state index in [2.05, 4.69) is 4.98 Å². The number of benzene rings is 1. The molecule has 23 heavy (non-hydrogen) atoms. The van der Waals surface area contributed by atoms with Crippen LogP contribution >= 0.6 is 22.9 Å². The molecule has 0 N–H and O–H groups in total. The van der Waals surface area contributed by atoms with E-state index in [0.29, 0.717) is 4.96 Å². The Morgan fingerprint density at radius 3 is 2.91 bits per heavy atom. The Hall–Kier alpha value is -2.06. The van der Waals surface area contributed by atoms with E-state index in [-0.39, 0.29) is 23.0 Å². The third kappa shape index (κ3) is 3.18. The van der Waals surface area contributed by atoms with Gasteiger partial charge in [0.15, 0.2) is 15.8 Å². The Balaban J connectivity index is 1.77. The molecule has 2 heterocycles. The first-order valence-corrected chi connectivity index (χ1v) is 7.56. The highest BCUT2D eigenvalue weighted by molar-refractivity contribution is 7.15. The molecule has 0 unspecified atom stereocenters. The number of rotatable bonds is 3. The minimum atomic E-state index is -4.45. The fourth-order valence-electron chi connectivity index (χ4n) is 2.00. The number of hydrogen-bond acceptors (Lipinski definition) is 4. The fraction of sp³-hybridized carbons (Fsp3) is 0.143. The molecule has 120 valence electrons. The number of alkyl halides is 3. The summed E-state index contributed by atoms with van der Waals surface area (Å²) >= 11 is 7.19. The van der Waals surface area contributed by atoms with Gasteiger partial charge in [-0.05, 0) is 17.7 Å². The third-order valence-electron chi connectivity index (χ3n) is 3.04. The maximum Gasteiger partial charge on any atom is 0.416 e. The topological polar surface area (TPSA) is 43.6 Å². The van der Waals surface area contributed by atoms with E-state index in [1.54, 1.807) is 11.6 Å². The highest BCUT2D eigenvalue weighted by Crippen LogP contribution is 2.30. The van der Waals surface area contributed by atoms with Gasteiger partial charge in [0.05, 0.1) is 5.56 Å². The van der Waals surface area contributed by atoms with E-state index >= 15 is 0 Å². The van der Waals surface area contributed by atoms with Crippen LogP contribution in [-0.4, -0.2) is 15.4 Å². The average Bonchev–Trinajstić information content (AvgIpc) is 3.04. The number of thiazole rings is 1. The van der Waals surface area contributed by atoms with Crippen LogP contribution in [0.5, 0.6) is 0 Å². The molecule has 0 radical (unpaired) electrons.